The highest BCUT2D eigenvalue weighted by molar-refractivity contribution is 6.00. The molecule has 0 radical (unpaired) electrons. The van der Waals surface area contributed by atoms with Crippen LogP contribution in [0.15, 0.2) is 18.2 Å². The number of unbranched alkanes of at least 4 members (excludes halogenated alkanes) is 4. The lowest BCUT2D eigenvalue weighted by Gasteiger charge is -2.25. The average Bonchev–Trinajstić information content (AvgIpc) is 2.47. The summed E-state index contributed by atoms with van der Waals surface area (Å²) in [5, 5.41) is 0. The highest BCUT2D eigenvalue weighted by Crippen LogP contribution is 2.32. The number of ether oxygens (including phenoxy) is 2. The number of hydrogen-bond acceptors (Lipinski definition) is 3. The minimum Gasteiger partial charge on any atom is -0.497 e. The van der Waals surface area contributed by atoms with Gasteiger partial charge in [-0.15, -0.1) is 0 Å². The number of carbonyl (C=O) groups excluding carboxylic acids is 1. The van der Waals surface area contributed by atoms with Crippen molar-refractivity contribution >= 4 is 5.78 Å². The molecule has 1 aromatic carbocycles. The minimum atomic E-state index is 0.0463. The van der Waals surface area contributed by atoms with Gasteiger partial charge in [-0.2, -0.15) is 0 Å². The third-order valence-electron chi connectivity index (χ3n) is 3.82. The fourth-order valence-electron chi connectivity index (χ4n) is 2.63. The Kier molecular flexibility index (Phi) is 5.45. The van der Waals surface area contributed by atoms with Crippen molar-refractivity contribution in [2.75, 3.05) is 7.11 Å². The molecule has 0 aliphatic carbocycles. The van der Waals surface area contributed by atoms with E-state index in [0.717, 1.165) is 12.8 Å². The molecule has 1 heterocycles. The first-order valence-electron chi connectivity index (χ1n) is 7.62. The Morgan fingerprint density at radius 1 is 1.25 bits per heavy atom. The molecule has 3 heteroatoms. The minimum absolute atomic E-state index is 0.0463. The van der Waals surface area contributed by atoms with Gasteiger partial charge in [-0.25, -0.2) is 0 Å². The van der Waals surface area contributed by atoms with Crippen molar-refractivity contribution in [1.82, 2.24) is 0 Å². The molecule has 110 valence electrons. The van der Waals surface area contributed by atoms with Crippen LogP contribution in [0.4, 0.5) is 0 Å². The molecule has 1 atom stereocenters. The van der Waals surface area contributed by atoms with E-state index in [1.165, 1.54) is 25.7 Å². The van der Waals surface area contributed by atoms with E-state index in [0.29, 0.717) is 23.5 Å². The number of Topliss-reactive ketones (excluding diaryl/α,β-unsaturated/α-hetero) is 1. The van der Waals surface area contributed by atoms with E-state index in [1.807, 2.05) is 12.1 Å². The molecule has 0 bridgehead atoms. The van der Waals surface area contributed by atoms with E-state index in [9.17, 15) is 4.79 Å². The first-order valence-corrected chi connectivity index (χ1v) is 7.62. The summed E-state index contributed by atoms with van der Waals surface area (Å²) < 4.78 is 11.1. The van der Waals surface area contributed by atoms with Crippen molar-refractivity contribution in [3.63, 3.8) is 0 Å². The zero-order valence-corrected chi connectivity index (χ0v) is 12.5. The first kappa shape index (κ1) is 14.9. The summed E-state index contributed by atoms with van der Waals surface area (Å²) in [5.74, 6) is 1.59. The smallest absolute Gasteiger partial charge is 0.170 e. The maximum absolute atomic E-state index is 12.2. The van der Waals surface area contributed by atoms with Crippen LogP contribution < -0.4 is 9.47 Å². The second kappa shape index (κ2) is 7.32. The summed E-state index contributed by atoms with van der Waals surface area (Å²) in [6.45, 7) is 2.22. The topological polar surface area (TPSA) is 35.5 Å². The second-order valence-corrected chi connectivity index (χ2v) is 5.43. The lowest BCUT2D eigenvalue weighted by molar-refractivity contribution is 0.0834. The number of methoxy groups -OCH3 is 1. The van der Waals surface area contributed by atoms with E-state index in [4.69, 9.17) is 9.47 Å². The Labute approximate surface area is 121 Å². The molecular formula is C17H24O3. The van der Waals surface area contributed by atoms with Crippen LogP contribution in [-0.2, 0) is 0 Å². The second-order valence-electron chi connectivity index (χ2n) is 5.43. The van der Waals surface area contributed by atoms with Crippen molar-refractivity contribution in [2.24, 2.45) is 0 Å². The predicted molar refractivity (Wildman–Crippen MR) is 79.7 cm³/mol. The molecule has 0 fully saturated rings. The largest absolute Gasteiger partial charge is 0.497 e. The van der Waals surface area contributed by atoms with Crippen LogP contribution in [0, 0.1) is 0 Å². The third-order valence-corrected chi connectivity index (χ3v) is 3.82. The van der Waals surface area contributed by atoms with Gasteiger partial charge in [0.1, 0.15) is 17.6 Å². The number of carbonyl (C=O) groups is 1. The van der Waals surface area contributed by atoms with E-state index >= 15 is 0 Å². The average molecular weight is 276 g/mol. The summed E-state index contributed by atoms with van der Waals surface area (Å²) >= 11 is 0. The van der Waals surface area contributed by atoms with Crippen LogP contribution >= 0.6 is 0 Å². The maximum Gasteiger partial charge on any atom is 0.170 e. The molecule has 0 N–H and O–H groups in total. The zero-order valence-electron chi connectivity index (χ0n) is 12.5. The van der Waals surface area contributed by atoms with Gasteiger partial charge in [-0.3, -0.25) is 4.79 Å². The van der Waals surface area contributed by atoms with Gasteiger partial charge in [0.25, 0.3) is 0 Å². The van der Waals surface area contributed by atoms with Crippen molar-refractivity contribution in [1.29, 1.82) is 0 Å². The van der Waals surface area contributed by atoms with E-state index in [2.05, 4.69) is 6.92 Å². The molecule has 1 unspecified atom stereocenters. The van der Waals surface area contributed by atoms with Crippen LogP contribution in [0.2, 0.25) is 0 Å². The molecule has 1 aliphatic heterocycles. The van der Waals surface area contributed by atoms with Crippen molar-refractivity contribution in [3.05, 3.63) is 23.8 Å². The molecule has 3 nitrogen and oxygen atoms in total. The molecular weight excluding hydrogens is 252 g/mol. The summed E-state index contributed by atoms with van der Waals surface area (Å²) in [6, 6.07) is 5.46. The van der Waals surface area contributed by atoms with Crippen molar-refractivity contribution in [2.45, 2.75) is 58.0 Å². The van der Waals surface area contributed by atoms with Crippen molar-refractivity contribution in [3.8, 4) is 11.5 Å². The summed E-state index contributed by atoms with van der Waals surface area (Å²) in [4.78, 5) is 12.2. The number of benzene rings is 1. The molecule has 0 saturated heterocycles. The van der Waals surface area contributed by atoms with Gasteiger partial charge in [-0.05, 0) is 31.0 Å². The summed E-state index contributed by atoms with van der Waals surface area (Å²) in [6.07, 6.45) is 7.73. The molecule has 2 rings (SSSR count). The zero-order chi connectivity index (χ0) is 14.4. The Balaban J connectivity index is 1.89. The van der Waals surface area contributed by atoms with Crippen LogP contribution in [-0.4, -0.2) is 19.0 Å². The summed E-state index contributed by atoms with van der Waals surface area (Å²) in [5.41, 5.74) is 0.659. The van der Waals surface area contributed by atoms with Crippen LogP contribution in [0.1, 0.15) is 62.2 Å². The molecule has 1 aromatic rings. The van der Waals surface area contributed by atoms with Crippen molar-refractivity contribution < 1.29 is 14.3 Å². The van der Waals surface area contributed by atoms with Crippen LogP contribution in [0.3, 0.4) is 0 Å². The normalized spacial score (nSPS) is 17.5. The lowest BCUT2D eigenvalue weighted by Crippen LogP contribution is -2.26. The van der Waals surface area contributed by atoms with Gasteiger partial charge in [0.05, 0.1) is 12.7 Å². The van der Waals surface area contributed by atoms with E-state index in [-0.39, 0.29) is 11.9 Å². The maximum atomic E-state index is 12.2. The molecule has 0 aromatic heterocycles. The highest BCUT2D eigenvalue weighted by atomic mass is 16.5. The monoisotopic (exact) mass is 276 g/mol. The fraction of sp³-hybridized carbons (Fsp3) is 0.588. The fourth-order valence-corrected chi connectivity index (χ4v) is 2.63. The van der Waals surface area contributed by atoms with Gasteiger partial charge >= 0.3 is 0 Å². The Morgan fingerprint density at radius 2 is 2.05 bits per heavy atom. The lowest BCUT2D eigenvalue weighted by atomic mass is 9.97. The molecule has 0 amide bonds. The highest BCUT2D eigenvalue weighted by Gasteiger charge is 2.26. The Bertz CT molecular complexity index is 454. The SMILES string of the molecule is CCCCCCCC1CC(=O)c2cc(OC)ccc2O1. The Hall–Kier alpha value is -1.51. The predicted octanol–water partition coefficient (Wildman–Crippen LogP) is 4.39. The number of hydrogen-bond donors (Lipinski definition) is 0. The molecule has 0 spiro atoms. The van der Waals surface area contributed by atoms with Gasteiger partial charge < -0.3 is 9.47 Å². The first-order chi connectivity index (χ1) is 9.74. The number of rotatable bonds is 7. The molecule has 0 saturated carbocycles. The number of fused-ring (bicyclic) bond motifs is 1. The Morgan fingerprint density at radius 3 is 2.80 bits per heavy atom. The number of ketones is 1. The van der Waals surface area contributed by atoms with E-state index in [1.54, 1.807) is 13.2 Å². The molecule has 20 heavy (non-hydrogen) atoms. The van der Waals surface area contributed by atoms with Gasteiger partial charge in [0.2, 0.25) is 0 Å². The molecule has 1 aliphatic rings. The van der Waals surface area contributed by atoms with E-state index < -0.39 is 0 Å². The third kappa shape index (κ3) is 3.75. The van der Waals surface area contributed by atoms with Gasteiger partial charge in [0, 0.05) is 6.42 Å². The quantitative estimate of drug-likeness (QED) is 0.693. The van der Waals surface area contributed by atoms with Gasteiger partial charge in [-0.1, -0.05) is 32.6 Å². The summed E-state index contributed by atoms with van der Waals surface area (Å²) in [7, 11) is 1.61. The van der Waals surface area contributed by atoms with Crippen LogP contribution in [0.25, 0.3) is 0 Å². The van der Waals surface area contributed by atoms with Crippen LogP contribution in [0.5, 0.6) is 11.5 Å². The van der Waals surface area contributed by atoms with Gasteiger partial charge in [0.15, 0.2) is 5.78 Å². The standard InChI is InChI=1S/C17H24O3/c1-3-4-5-6-7-8-14-12-16(18)15-11-13(19-2)9-10-17(15)20-14/h9-11,14H,3-8,12H2,1-2H3.